The molecule has 0 fully saturated rings. The second-order valence-corrected chi connectivity index (χ2v) is 1.07. The Morgan fingerprint density at radius 1 is 1.71 bits per heavy atom. The van der Waals surface area contributed by atoms with Gasteiger partial charge in [-0.15, -0.1) is 0 Å². The zero-order chi connectivity index (χ0) is 6.28. The summed E-state index contributed by atoms with van der Waals surface area (Å²) in [7, 11) is 3.56. The Balaban J connectivity index is 0. The highest BCUT2D eigenvalue weighted by molar-refractivity contribution is 5.32. The maximum absolute atomic E-state index is 8.36. The third kappa shape index (κ3) is 166. The summed E-state index contributed by atoms with van der Waals surface area (Å²) < 4.78 is 0. The smallest absolute Gasteiger partial charge is 0.290 e. The lowest BCUT2D eigenvalue weighted by atomic mass is 11.2. The summed E-state index contributed by atoms with van der Waals surface area (Å²) in [5.41, 5.74) is 0. The van der Waals surface area contributed by atoms with Gasteiger partial charge in [-0.25, -0.2) is 0 Å². The van der Waals surface area contributed by atoms with Gasteiger partial charge in [0.15, 0.2) is 0 Å². The molecule has 0 aliphatic heterocycles. The topological polar surface area (TPSA) is 66.6 Å². The van der Waals surface area contributed by atoms with Crippen LogP contribution in [0.1, 0.15) is 0 Å². The van der Waals surface area contributed by atoms with Crippen LogP contribution >= 0.6 is 0 Å². The zero-order valence-electron chi connectivity index (χ0n) is 4.46. The van der Waals surface area contributed by atoms with Gasteiger partial charge in [0.05, 0.1) is 0 Å². The molecule has 0 rings (SSSR count). The van der Waals surface area contributed by atoms with Gasteiger partial charge in [-0.1, -0.05) is 0 Å². The van der Waals surface area contributed by atoms with Crippen molar-refractivity contribution in [3.63, 3.8) is 0 Å². The lowest BCUT2D eigenvalue weighted by Crippen LogP contribution is -2.18. The molecule has 3 N–H and O–H groups in total. The fourth-order valence-corrected chi connectivity index (χ4v) is 0. The maximum Gasteiger partial charge on any atom is 0.290 e. The predicted molar refractivity (Wildman–Crippen MR) is 26.6 cm³/mol. The van der Waals surface area contributed by atoms with Crippen molar-refractivity contribution in [2.45, 2.75) is 0 Å². The Bertz CT molecular complexity index is 35.2. The minimum Gasteiger partial charge on any atom is -0.483 e. The monoisotopic (exact) mass is 106 g/mol. The normalized spacial score (nSPS) is 6.86. The van der Waals surface area contributed by atoms with Gasteiger partial charge >= 0.3 is 0 Å². The van der Waals surface area contributed by atoms with Crippen LogP contribution < -0.4 is 5.84 Å². The molecule has 44 valence electrons. The lowest BCUT2D eigenvalue weighted by molar-refractivity contribution is -0.122. The molecule has 0 spiro atoms. The van der Waals surface area contributed by atoms with Crippen LogP contribution in [0.5, 0.6) is 0 Å². The number of hydrogen-bond donors (Lipinski definition) is 2. The van der Waals surface area contributed by atoms with Crippen LogP contribution in [0.3, 0.4) is 0 Å². The molecular weight excluding hydrogens is 96.0 g/mol. The minimum absolute atomic E-state index is 0.250. The number of carboxylic acid groups (broad SMARTS) is 1. The number of nitrogens with two attached hydrogens (primary N) is 1. The van der Waals surface area contributed by atoms with Gasteiger partial charge in [0.2, 0.25) is 0 Å². The number of nitrogens with zero attached hydrogens (tertiary/aromatic N) is 1. The van der Waals surface area contributed by atoms with Crippen molar-refractivity contribution in [3.8, 4) is 0 Å². The Kier molecular flexibility index (Phi) is 12.4. The fourth-order valence-electron chi connectivity index (χ4n) is 0. The highest BCUT2D eigenvalue weighted by atomic mass is 16.3. The van der Waals surface area contributed by atoms with Crippen molar-refractivity contribution >= 4 is 6.47 Å². The highest BCUT2D eigenvalue weighted by Gasteiger charge is 1.57. The van der Waals surface area contributed by atoms with Crippen molar-refractivity contribution < 1.29 is 9.90 Å². The molecule has 0 saturated heterocycles. The molecule has 0 aromatic rings. The highest BCUT2D eigenvalue weighted by Crippen LogP contribution is 1.37. The Hall–Kier alpha value is -0.610. The molecular formula is C3H10N2O2. The summed E-state index contributed by atoms with van der Waals surface area (Å²) in [6, 6.07) is 0. The number of rotatable bonds is 0. The van der Waals surface area contributed by atoms with Crippen molar-refractivity contribution in [1.29, 1.82) is 0 Å². The maximum atomic E-state index is 8.36. The summed E-state index contributed by atoms with van der Waals surface area (Å²) in [5.74, 6) is 4.94. The molecule has 7 heavy (non-hydrogen) atoms. The second kappa shape index (κ2) is 9.04. The quantitative estimate of drug-likeness (QED) is 0.239. The van der Waals surface area contributed by atoms with Crippen LogP contribution in [0, 0.1) is 0 Å². The van der Waals surface area contributed by atoms with E-state index in [-0.39, 0.29) is 6.47 Å². The molecule has 4 heteroatoms. The Morgan fingerprint density at radius 2 is 1.71 bits per heavy atom. The largest absolute Gasteiger partial charge is 0.483 e. The summed E-state index contributed by atoms with van der Waals surface area (Å²) in [4.78, 5) is 8.36. The summed E-state index contributed by atoms with van der Waals surface area (Å²) in [6.07, 6.45) is 0. The fraction of sp³-hybridized carbons (Fsp3) is 0.667. The van der Waals surface area contributed by atoms with Gasteiger partial charge in [-0.2, -0.15) is 0 Å². The van der Waals surface area contributed by atoms with Crippen molar-refractivity contribution in [2.24, 2.45) is 5.84 Å². The van der Waals surface area contributed by atoms with E-state index >= 15 is 0 Å². The molecule has 0 aromatic heterocycles. The van der Waals surface area contributed by atoms with Crippen molar-refractivity contribution in [3.05, 3.63) is 0 Å². The van der Waals surface area contributed by atoms with Crippen molar-refractivity contribution in [1.82, 2.24) is 5.01 Å². The number of carbonyl (C=O) groups is 1. The molecule has 0 radical (unpaired) electrons. The first-order valence-electron chi connectivity index (χ1n) is 1.65. The third-order valence-corrected chi connectivity index (χ3v) is 0. The van der Waals surface area contributed by atoms with E-state index in [2.05, 4.69) is 0 Å². The number of hydrogen-bond acceptors (Lipinski definition) is 3. The van der Waals surface area contributed by atoms with E-state index in [0.717, 1.165) is 0 Å². The number of hydrazine groups is 1. The molecule has 0 aliphatic rings. The van der Waals surface area contributed by atoms with Crippen LogP contribution in [0.2, 0.25) is 0 Å². The summed E-state index contributed by atoms with van der Waals surface area (Å²) >= 11 is 0. The first-order valence-corrected chi connectivity index (χ1v) is 1.65. The van der Waals surface area contributed by atoms with Gasteiger partial charge in [0.25, 0.3) is 6.47 Å². The van der Waals surface area contributed by atoms with Crippen LogP contribution in [0.25, 0.3) is 0 Å². The standard InChI is InChI=1S/C2H8N2.CH2O2/c1-4(2)3;2-1-3/h3H2,1-2H3;1H,(H,2,3). The van der Waals surface area contributed by atoms with Gasteiger partial charge in [0, 0.05) is 14.1 Å². The van der Waals surface area contributed by atoms with E-state index in [1.165, 1.54) is 5.01 Å². The molecule has 4 nitrogen and oxygen atoms in total. The van der Waals surface area contributed by atoms with Crippen molar-refractivity contribution in [2.75, 3.05) is 14.1 Å². The van der Waals surface area contributed by atoms with Crippen LogP contribution in [0.4, 0.5) is 0 Å². The Morgan fingerprint density at radius 3 is 1.71 bits per heavy atom. The Labute approximate surface area is 42.5 Å². The molecule has 0 unspecified atom stereocenters. The van der Waals surface area contributed by atoms with E-state index in [4.69, 9.17) is 15.7 Å². The lowest BCUT2D eigenvalue weighted by Gasteiger charge is -1.91. The van der Waals surface area contributed by atoms with Crippen LogP contribution in [-0.4, -0.2) is 30.7 Å². The van der Waals surface area contributed by atoms with Crippen LogP contribution in [0.15, 0.2) is 0 Å². The van der Waals surface area contributed by atoms with E-state index in [9.17, 15) is 0 Å². The molecule has 0 aromatic carbocycles. The first-order chi connectivity index (χ1) is 3.15. The third-order valence-electron chi connectivity index (χ3n) is 0. The summed E-state index contributed by atoms with van der Waals surface area (Å²) in [6.45, 7) is -0.250. The first kappa shape index (κ1) is 9.63. The molecule has 0 aliphatic carbocycles. The SMILES string of the molecule is CN(C)N.O=CO. The predicted octanol–water partition coefficient (Wildman–Crippen LogP) is -0.877. The minimum atomic E-state index is -0.250. The molecule has 0 saturated carbocycles. The van der Waals surface area contributed by atoms with Gasteiger partial charge in [-0.3, -0.25) is 15.6 Å². The van der Waals surface area contributed by atoms with Gasteiger partial charge in [-0.05, 0) is 0 Å². The zero-order valence-corrected chi connectivity index (χ0v) is 4.46. The molecule has 0 heterocycles. The average molecular weight is 106 g/mol. The van der Waals surface area contributed by atoms with E-state index in [0.29, 0.717) is 0 Å². The van der Waals surface area contributed by atoms with Gasteiger partial charge in [0.1, 0.15) is 0 Å². The molecule has 0 bridgehead atoms. The summed E-state index contributed by atoms with van der Waals surface area (Å²) in [5, 5.41) is 8.39. The average Bonchev–Trinajstić information content (AvgIpc) is 1.33. The second-order valence-electron chi connectivity index (χ2n) is 1.07. The van der Waals surface area contributed by atoms with E-state index in [1.54, 1.807) is 14.1 Å². The van der Waals surface area contributed by atoms with Gasteiger partial charge < -0.3 is 5.11 Å². The van der Waals surface area contributed by atoms with Crippen LogP contribution in [-0.2, 0) is 4.79 Å². The van der Waals surface area contributed by atoms with E-state index in [1.807, 2.05) is 0 Å². The molecule has 0 atom stereocenters. The van der Waals surface area contributed by atoms with E-state index < -0.39 is 0 Å². The molecule has 0 amide bonds.